The van der Waals surface area contributed by atoms with E-state index < -0.39 is 0 Å². The standard InChI is InChI=1S/C22H27N3O3/c1-27-19-9-8-18(15-20(19)28-2)25-21-14-17(11-13-23-21)22(26)24-12-10-16-6-4-3-5-7-16/h6,8-9,11,13-15H,3-5,7,10,12H2,1-2H3,(H,23,25)(H,24,26). The van der Waals surface area contributed by atoms with Crippen LogP contribution in [-0.4, -0.2) is 31.7 Å². The van der Waals surface area contributed by atoms with Crippen molar-refractivity contribution >= 4 is 17.4 Å². The third-order valence-electron chi connectivity index (χ3n) is 4.79. The molecule has 0 aliphatic heterocycles. The van der Waals surface area contributed by atoms with Crippen LogP contribution in [0.4, 0.5) is 11.5 Å². The van der Waals surface area contributed by atoms with E-state index in [0.717, 1.165) is 18.5 Å². The number of hydrogen-bond acceptors (Lipinski definition) is 5. The zero-order chi connectivity index (χ0) is 19.8. The number of rotatable bonds is 8. The summed E-state index contributed by atoms with van der Waals surface area (Å²) in [5.41, 5.74) is 2.83. The first kappa shape index (κ1) is 19.7. The number of anilines is 2. The van der Waals surface area contributed by atoms with Crippen LogP contribution in [-0.2, 0) is 0 Å². The number of carbonyl (C=O) groups excluding carboxylic acids is 1. The van der Waals surface area contributed by atoms with Crippen molar-refractivity contribution in [2.24, 2.45) is 0 Å². The summed E-state index contributed by atoms with van der Waals surface area (Å²) >= 11 is 0. The lowest BCUT2D eigenvalue weighted by molar-refractivity contribution is 0.0954. The largest absolute Gasteiger partial charge is 0.493 e. The molecule has 1 aliphatic carbocycles. The molecule has 1 amide bonds. The monoisotopic (exact) mass is 381 g/mol. The number of benzene rings is 1. The summed E-state index contributed by atoms with van der Waals surface area (Å²) in [4.78, 5) is 16.7. The lowest BCUT2D eigenvalue weighted by Crippen LogP contribution is -2.25. The van der Waals surface area contributed by atoms with Gasteiger partial charge >= 0.3 is 0 Å². The Hall–Kier alpha value is -3.02. The van der Waals surface area contributed by atoms with Crippen LogP contribution in [0.15, 0.2) is 48.2 Å². The van der Waals surface area contributed by atoms with Crippen molar-refractivity contribution in [1.82, 2.24) is 10.3 Å². The fraction of sp³-hybridized carbons (Fsp3) is 0.364. The van der Waals surface area contributed by atoms with Crippen molar-refractivity contribution < 1.29 is 14.3 Å². The number of methoxy groups -OCH3 is 2. The number of nitrogens with one attached hydrogen (secondary N) is 2. The minimum Gasteiger partial charge on any atom is -0.493 e. The van der Waals surface area contributed by atoms with E-state index in [9.17, 15) is 4.79 Å². The van der Waals surface area contributed by atoms with Crippen molar-refractivity contribution in [3.8, 4) is 11.5 Å². The smallest absolute Gasteiger partial charge is 0.251 e. The van der Waals surface area contributed by atoms with Crippen molar-refractivity contribution in [2.45, 2.75) is 32.1 Å². The van der Waals surface area contributed by atoms with Gasteiger partial charge in [0.1, 0.15) is 5.82 Å². The zero-order valence-corrected chi connectivity index (χ0v) is 16.5. The van der Waals surface area contributed by atoms with Gasteiger partial charge in [0.05, 0.1) is 14.2 Å². The number of nitrogens with zero attached hydrogens (tertiary/aromatic N) is 1. The van der Waals surface area contributed by atoms with E-state index >= 15 is 0 Å². The lowest BCUT2D eigenvalue weighted by atomic mass is 9.97. The maximum absolute atomic E-state index is 12.5. The molecule has 1 aromatic heterocycles. The highest BCUT2D eigenvalue weighted by atomic mass is 16.5. The van der Waals surface area contributed by atoms with Gasteiger partial charge in [0.2, 0.25) is 0 Å². The topological polar surface area (TPSA) is 72.5 Å². The van der Waals surface area contributed by atoms with E-state index in [1.54, 1.807) is 32.5 Å². The van der Waals surface area contributed by atoms with Crippen LogP contribution in [0.3, 0.4) is 0 Å². The van der Waals surface area contributed by atoms with Gasteiger partial charge in [-0.25, -0.2) is 4.98 Å². The Bertz CT molecular complexity index is 849. The number of allylic oxidation sites excluding steroid dienone is 1. The van der Waals surface area contributed by atoms with Gasteiger partial charge in [0.15, 0.2) is 11.5 Å². The third-order valence-corrected chi connectivity index (χ3v) is 4.79. The van der Waals surface area contributed by atoms with Gasteiger partial charge in [0.25, 0.3) is 5.91 Å². The molecule has 0 atom stereocenters. The summed E-state index contributed by atoms with van der Waals surface area (Å²) < 4.78 is 10.6. The highest BCUT2D eigenvalue weighted by Crippen LogP contribution is 2.30. The normalized spacial score (nSPS) is 13.4. The fourth-order valence-electron chi connectivity index (χ4n) is 3.27. The Morgan fingerprint density at radius 1 is 1.11 bits per heavy atom. The number of aromatic nitrogens is 1. The minimum atomic E-state index is -0.0887. The van der Waals surface area contributed by atoms with Crippen LogP contribution in [0.2, 0.25) is 0 Å². The van der Waals surface area contributed by atoms with Gasteiger partial charge in [-0.3, -0.25) is 4.79 Å². The van der Waals surface area contributed by atoms with Crippen LogP contribution in [0.1, 0.15) is 42.5 Å². The van der Waals surface area contributed by atoms with Crippen LogP contribution < -0.4 is 20.1 Å². The van der Waals surface area contributed by atoms with Gasteiger partial charge in [-0.15, -0.1) is 0 Å². The van der Waals surface area contributed by atoms with Crippen LogP contribution in [0, 0.1) is 0 Å². The first-order valence-corrected chi connectivity index (χ1v) is 9.61. The first-order chi connectivity index (χ1) is 13.7. The van der Waals surface area contributed by atoms with E-state index in [2.05, 4.69) is 21.7 Å². The quantitative estimate of drug-likeness (QED) is 0.661. The van der Waals surface area contributed by atoms with Crippen LogP contribution >= 0.6 is 0 Å². The predicted octanol–water partition coefficient (Wildman–Crippen LogP) is 4.46. The van der Waals surface area contributed by atoms with E-state index in [-0.39, 0.29) is 5.91 Å². The molecule has 1 aliphatic rings. The van der Waals surface area contributed by atoms with E-state index in [0.29, 0.717) is 29.4 Å². The molecule has 0 saturated carbocycles. The molecule has 0 bridgehead atoms. The van der Waals surface area contributed by atoms with Gasteiger partial charge < -0.3 is 20.1 Å². The molecule has 28 heavy (non-hydrogen) atoms. The molecular formula is C22H27N3O3. The number of carbonyl (C=O) groups is 1. The van der Waals surface area contributed by atoms with Crippen LogP contribution in [0.25, 0.3) is 0 Å². The average molecular weight is 381 g/mol. The molecule has 1 heterocycles. The molecule has 1 aromatic carbocycles. The van der Waals surface area contributed by atoms with E-state index in [1.165, 1.54) is 24.8 Å². The first-order valence-electron chi connectivity index (χ1n) is 9.61. The molecule has 0 unspecified atom stereocenters. The second-order valence-electron chi connectivity index (χ2n) is 6.74. The Kier molecular flexibility index (Phi) is 6.89. The molecule has 3 rings (SSSR count). The van der Waals surface area contributed by atoms with Crippen molar-refractivity contribution in [3.05, 3.63) is 53.7 Å². The summed E-state index contributed by atoms with van der Waals surface area (Å²) in [6, 6.07) is 8.97. The highest BCUT2D eigenvalue weighted by Gasteiger charge is 2.10. The summed E-state index contributed by atoms with van der Waals surface area (Å²) in [7, 11) is 3.19. The van der Waals surface area contributed by atoms with Crippen molar-refractivity contribution in [3.63, 3.8) is 0 Å². The van der Waals surface area contributed by atoms with Gasteiger partial charge in [-0.1, -0.05) is 11.6 Å². The van der Waals surface area contributed by atoms with Crippen molar-refractivity contribution in [1.29, 1.82) is 0 Å². The predicted molar refractivity (Wildman–Crippen MR) is 111 cm³/mol. The maximum atomic E-state index is 12.5. The van der Waals surface area contributed by atoms with Gasteiger partial charge in [-0.05, 0) is 56.4 Å². The second-order valence-corrected chi connectivity index (χ2v) is 6.74. The average Bonchev–Trinajstić information content (AvgIpc) is 2.74. The van der Waals surface area contributed by atoms with Crippen LogP contribution in [0.5, 0.6) is 11.5 Å². The Labute approximate surface area is 166 Å². The Balaban J connectivity index is 1.60. The molecule has 0 radical (unpaired) electrons. The minimum absolute atomic E-state index is 0.0887. The molecule has 2 N–H and O–H groups in total. The van der Waals surface area contributed by atoms with E-state index in [4.69, 9.17) is 9.47 Å². The summed E-state index contributed by atoms with van der Waals surface area (Å²) in [6.07, 6.45) is 9.73. The second kappa shape index (κ2) is 9.78. The maximum Gasteiger partial charge on any atom is 0.251 e. The highest BCUT2D eigenvalue weighted by molar-refractivity contribution is 5.94. The molecule has 0 spiro atoms. The summed E-state index contributed by atoms with van der Waals surface area (Å²) in [5, 5.41) is 6.20. The molecule has 6 heteroatoms. The zero-order valence-electron chi connectivity index (χ0n) is 16.5. The third kappa shape index (κ3) is 5.25. The van der Waals surface area contributed by atoms with Gasteiger partial charge in [0, 0.05) is 30.1 Å². The van der Waals surface area contributed by atoms with E-state index in [1.807, 2.05) is 18.2 Å². The van der Waals surface area contributed by atoms with Crippen molar-refractivity contribution in [2.75, 3.05) is 26.1 Å². The molecule has 2 aromatic rings. The molecule has 0 saturated heterocycles. The fourth-order valence-corrected chi connectivity index (χ4v) is 3.27. The number of amides is 1. The Morgan fingerprint density at radius 2 is 1.96 bits per heavy atom. The lowest BCUT2D eigenvalue weighted by Gasteiger charge is -2.13. The Morgan fingerprint density at radius 3 is 2.71 bits per heavy atom. The summed E-state index contributed by atoms with van der Waals surface area (Å²) in [5.74, 6) is 1.78. The molecular weight excluding hydrogens is 354 g/mol. The number of hydrogen-bond donors (Lipinski definition) is 2. The molecule has 6 nitrogen and oxygen atoms in total. The SMILES string of the molecule is COc1ccc(Nc2cc(C(=O)NCCC3=CCCCC3)ccn2)cc1OC. The van der Waals surface area contributed by atoms with Gasteiger partial charge in [-0.2, -0.15) is 0 Å². The number of pyridine rings is 1. The molecule has 148 valence electrons. The molecule has 0 fully saturated rings. The number of ether oxygens (including phenoxy) is 2. The summed E-state index contributed by atoms with van der Waals surface area (Å²) in [6.45, 7) is 0.658.